The number of thioether (sulfide) groups is 1. The molecule has 7 heteroatoms. The third-order valence-electron chi connectivity index (χ3n) is 4.23. The van der Waals surface area contributed by atoms with Gasteiger partial charge in [0.2, 0.25) is 0 Å². The second-order valence-electron chi connectivity index (χ2n) is 8.68. The summed E-state index contributed by atoms with van der Waals surface area (Å²) in [5.74, 6) is 0.262. The number of phenolic OH excluding ortho intramolecular Hbond substituents is 1. The van der Waals surface area contributed by atoms with Gasteiger partial charge >= 0.3 is 0 Å². The summed E-state index contributed by atoms with van der Waals surface area (Å²) >= 11 is 1.14. The van der Waals surface area contributed by atoms with E-state index >= 15 is 0 Å². The van der Waals surface area contributed by atoms with Gasteiger partial charge in [-0.05, 0) is 29.9 Å². The molecule has 0 aliphatic carbocycles. The molecule has 0 unspecified atom stereocenters. The highest BCUT2D eigenvalue weighted by Gasteiger charge is 2.27. The van der Waals surface area contributed by atoms with Crippen LogP contribution in [0.25, 0.3) is 0 Å². The summed E-state index contributed by atoms with van der Waals surface area (Å²) in [4.78, 5) is 27.0. The molecule has 1 aromatic heterocycles. The standard InChI is InChI=1S/C20H27N3O3S/c1-11-17(26)21-18(23-22-11)27-10-15(24)12-8-13(19(2,3)4)16(25)14(9-12)20(5,6)7/h8-9,25H,10H2,1-7H3,(H,21,23,26). The van der Waals surface area contributed by atoms with Crippen LogP contribution in [0.4, 0.5) is 0 Å². The Labute approximate surface area is 163 Å². The first-order chi connectivity index (χ1) is 12.3. The molecule has 0 bridgehead atoms. The van der Waals surface area contributed by atoms with Gasteiger partial charge in [-0.3, -0.25) is 14.6 Å². The van der Waals surface area contributed by atoms with E-state index in [-0.39, 0.29) is 39.4 Å². The highest BCUT2D eigenvalue weighted by molar-refractivity contribution is 7.99. The zero-order valence-corrected chi connectivity index (χ0v) is 17.7. The number of Topliss-reactive ketones (excluding diaryl/α,β-unsaturated/α-hetero) is 1. The Hall–Kier alpha value is -2.15. The lowest BCUT2D eigenvalue weighted by molar-refractivity contribution is 0.102. The number of nitrogens with one attached hydrogen (secondary N) is 1. The van der Waals surface area contributed by atoms with E-state index in [0.29, 0.717) is 10.7 Å². The summed E-state index contributed by atoms with van der Waals surface area (Å²) in [5, 5.41) is 18.7. The Kier molecular flexibility index (Phi) is 5.85. The molecule has 2 rings (SSSR count). The second-order valence-corrected chi connectivity index (χ2v) is 9.64. The van der Waals surface area contributed by atoms with Crippen LogP contribution in [0.1, 0.15) is 68.7 Å². The van der Waals surface area contributed by atoms with Crippen molar-refractivity contribution >= 4 is 17.5 Å². The SMILES string of the molecule is Cc1nnc(SCC(=O)c2cc(C(C)(C)C)c(O)c(C(C)(C)C)c2)[nH]c1=O. The molecular weight excluding hydrogens is 362 g/mol. The number of carbonyl (C=O) groups is 1. The van der Waals surface area contributed by atoms with Gasteiger partial charge in [-0.1, -0.05) is 53.3 Å². The van der Waals surface area contributed by atoms with E-state index in [1.807, 2.05) is 41.5 Å². The van der Waals surface area contributed by atoms with Crippen LogP contribution in [0.2, 0.25) is 0 Å². The minimum atomic E-state index is -0.311. The minimum Gasteiger partial charge on any atom is -0.507 e. The fourth-order valence-corrected chi connectivity index (χ4v) is 3.30. The van der Waals surface area contributed by atoms with Crippen LogP contribution in [-0.2, 0) is 10.8 Å². The van der Waals surface area contributed by atoms with Crippen molar-refractivity contribution in [3.8, 4) is 5.75 Å². The number of benzene rings is 1. The van der Waals surface area contributed by atoms with Crippen molar-refractivity contribution in [3.05, 3.63) is 44.9 Å². The number of aromatic nitrogens is 3. The number of ketones is 1. The average molecular weight is 390 g/mol. The van der Waals surface area contributed by atoms with Crippen molar-refractivity contribution in [2.75, 3.05) is 5.75 Å². The topological polar surface area (TPSA) is 95.9 Å². The number of carbonyl (C=O) groups excluding carboxylic acids is 1. The van der Waals surface area contributed by atoms with Crippen LogP contribution in [0.15, 0.2) is 22.1 Å². The lowest BCUT2D eigenvalue weighted by Crippen LogP contribution is -2.19. The van der Waals surface area contributed by atoms with Crippen LogP contribution in [0.3, 0.4) is 0 Å². The second kappa shape index (κ2) is 7.46. The smallest absolute Gasteiger partial charge is 0.273 e. The van der Waals surface area contributed by atoms with Crippen molar-refractivity contribution in [1.29, 1.82) is 0 Å². The number of aromatic amines is 1. The van der Waals surface area contributed by atoms with Gasteiger partial charge in [0.25, 0.3) is 5.56 Å². The third kappa shape index (κ3) is 4.97. The third-order valence-corrected chi connectivity index (χ3v) is 5.09. The van der Waals surface area contributed by atoms with Gasteiger partial charge in [0.15, 0.2) is 10.9 Å². The summed E-state index contributed by atoms with van der Waals surface area (Å²) in [6.07, 6.45) is 0. The molecule has 0 fully saturated rings. The predicted octanol–water partition coefficient (Wildman–Crippen LogP) is 3.75. The highest BCUT2D eigenvalue weighted by Crippen LogP contribution is 2.40. The van der Waals surface area contributed by atoms with Gasteiger partial charge in [-0.25, -0.2) is 0 Å². The monoisotopic (exact) mass is 389 g/mol. The van der Waals surface area contributed by atoms with E-state index in [4.69, 9.17) is 0 Å². The number of hydrogen-bond acceptors (Lipinski definition) is 6. The first kappa shape index (κ1) is 21.2. The van der Waals surface area contributed by atoms with Crippen molar-refractivity contribution in [2.45, 2.75) is 64.5 Å². The highest BCUT2D eigenvalue weighted by atomic mass is 32.2. The molecule has 2 N–H and O–H groups in total. The van der Waals surface area contributed by atoms with Crippen molar-refractivity contribution < 1.29 is 9.90 Å². The maximum Gasteiger partial charge on any atom is 0.273 e. The fraction of sp³-hybridized carbons (Fsp3) is 0.500. The number of aryl methyl sites for hydroxylation is 1. The van der Waals surface area contributed by atoms with Crippen LogP contribution in [-0.4, -0.2) is 31.8 Å². The van der Waals surface area contributed by atoms with E-state index in [0.717, 1.165) is 22.9 Å². The number of phenols is 1. The number of nitrogens with zero attached hydrogens (tertiary/aromatic N) is 2. The first-order valence-electron chi connectivity index (χ1n) is 8.78. The minimum absolute atomic E-state index is 0.0979. The lowest BCUT2D eigenvalue weighted by Gasteiger charge is -2.28. The quantitative estimate of drug-likeness (QED) is 0.611. The van der Waals surface area contributed by atoms with E-state index in [1.54, 1.807) is 19.1 Å². The van der Waals surface area contributed by atoms with E-state index in [9.17, 15) is 14.7 Å². The Bertz CT molecular complexity index is 886. The molecule has 0 amide bonds. The number of rotatable bonds is 4. The number of H-pyrrole nitrogens is 1. The van der Waals surface area contributed by atoms with Crippen LogP contribution >= 0.6 is 11.8 Å². The molecule has 1 heterocycles. The molecule has 0 atom stereocenters. The molecule has 0 saturated heterocycles. The summed E-state index contributed by atoms with van der Waals surface area (Å²) in [6.45, 7) is 13.6. The molecule has 0 spiro atoms. The summed E-state index contributed by atoms with van der Waals surface area (Å²) in [5.41, 5.74) is 1.39. The van der Waals surface area contributed by atoms with Crippen LogP contribution in [0.5, 0.6) is 5.75 Å². The Balaban J connectivity index is 2.37. The maximum absolute atomic E-state index is 12.8. The molecule has 6 nitrogen and oxygen atoms in total. The largest absolute Gasteiger partial charge is 0.507 e. The molecule has 1 aromatic carbocycles. The zero-order chi connectivity index (χ0) is 20.6. The van der Waals surface area contributed by atoms with Crippen molar-refractivity contribution in [1.82, 2.24) is 15.2 Å². The lowest BCUT2D eigenvalue weighted by atomic mass is 9.78. The molecule has 2 aromatic rings. The van der Waals surface area contributed by atoms with Crippen LogP contribution in [0, 0.1) is 6.92 Å². The predicted molar refractivity (Wildman–Crippen MR) is 108 cm³/mol. The molecule has 27 heavy (non-hydrogen) atoms. The molecule has 0 aliphatic rings. The van der Waals surface area contributed by atoms with E-state index in [1.165, 1.54) is 0 Å². The van der Waals surface area contributed by atoms with E-state index in [2.05, 4.69) is 15.2 Å². The first-order valence-corrected chi connectivity index (χ1v) is 9.77. The van der Waals surface area contributed by atoms with Gasteiger partial charge in [0.1, 0.15) is 11.4 Å². The van der Waals surface area contributed by atoms with Gasteiger partial charge in [0, 0.05) is 16.7 Å². The molecular formula is C20H27N3O3S. The average Bonchev–Trinajstić information content (AvgIpc) is 2.53. The molecule has 0 radical (unpaired) electrons. The summed E-state index contributed by atoms with van der Waals surface area (Å²) in [6, 6.07) is 3.52. The molecule has 146 valence electrons. The fourth-order valence-electron chi connectivity index (χ4n) is 2.60. The van der Waals surface area contributed by atoms with Crippen LogP contribution < -0.4 is 5.56 Å². The summed E-state index contributed by atoms with van der Waals surface area (Å²) < 4.78 is 0. The van der Waals surface area contributed by atoms with Gasteiger partial charge < -0.3 is 5.11 Å². The van der Waals surface area contributed by atoms with Gasteiger partial charge in [-0.15, -0.1) is 10.2 Å². The molecule has 0 saturated carbocycles. The molecule has 0 aliphatic heterocycles. The van der Waals surface area contributed by atoms with Crippen molar-refractivity contribution in [2.24, 2.45) is 0 Å². The normalized spacial score (nSPS) is 12.3. The zero-order valence-electron chi connectivity index (χ0n) is 16.9. The van der Waals surface area contributed by atoms with Gasteiger partial charge in [0.05, 0.1) is 5.75 Å². The van der Waals surface area contributed by atoms with Gasteiger partial charge in [-0.2, -0.15) is 0 Å². The number of hydrogen-bond donors (Lipinski definition) is 2. The Morgan fingerprint density at radius 1 is 1.07 bits per heavy atom. The maximum atomic E-state index is 12.8. The number of aromatic hydroxyl groups is 1. The Morgan fingerprint density at radius 2 is 1.59 bits per heavy atom. The Morgan fingerprint density at radius 3 is 2.04 bits per heavy atom. The van der Waals surface area contributed by atoms with E-state index < -0.39 is 0 Å². The summed E-state index contributed by atoms with van der Waals surface area (Å²) in [7, 11) is 0. The van der Waals surface area contributed by atoms with Crippen molar-refractivity contribution in [3.63, 3.8) is 0 Å².